The van der Waals surface area contributed by atoms with Crippen LogP contribution in [0.25, 0.3) is 15.8 Å². The average molecular weight is 565 g/mol. The second-order valence-corrected chi connectivity index (χ2v) is 7.55. The Morgan fingerprint density at radius 2 is 1.76 bits per heavy atom. The summed E-state index contributed by atoms with van der Waals surface area (Å²) in [5.74, 6) is -0.572. The highest BCUT2D eigenvalue weighted by atomic mass is 16.5. The van der Waals surface area contributed by atoms with Gasteiger partial charge in [0.05, 0.1) is 56.4 Å². The van der Waals surface area contributed by atoms with E-state index in [1.165, 1.54) is 25.5 Å². The van der Waals surface area contributed by atoms with Crippen LogP contribution >= 0.6 is 0 Å². The molecule has 1 aliphatic heterocycles. The maximum absolute atomic E-state index is 12.1. The third kappa shape index (κ3) is 11.4. The van der Waals surface area contributed by atoms with Crippen molar-refractivity contribution in [1.82, 2.24) is 0 Å². The van der Waals surface area contributed by atoms with Crippen LogP contribution in [-0.4, -0.2) is 30.9 Å². The molecule has 0 bridgehead atoms. The lowest BCUT2D eigenvalue weighted by Crippen LogP contribution is -2.24. The molecule has 41 heavy (non-hydrogen) atoms. The van der Waals surface area contributed by atoms with Crippen molar-refractivity contribution in [2.24, 2.45) is 5.73 Å². The first-order chi connectivity index (χ1) is 19.1. The maximum atomic E-state index is 12.1. The number of carbonyl (C=O) groups excluding carboxylic acids is 3. The van der Waals surface area contributed by atoms with Gasteiger partial charge in [-0.05, 0) is 58.0 Å². The van der Waals surface area contributed by atoms with Crippen LogP contribution in [0, 0.1) is 24.5 Å². The van der Waals surface area contributed by atoms with Gasteiger partial charge in [0.25, 0.3) is 5.70 Å². The number of rotatable bonds is 7. The minimum absolute atomic E-state index is 0. The lowest BCUT2D eigenvalue weighted by atomic mass is 9.90. The van der Waals surface area contributed by atoms with Gasteiger partial charge in [0.2, 0.25) is 5.70 Å². The first kappa shape index (κ1) is 35.5. The molecule has 2 aromatic rings. The number of furan rings is 2. The second-order valence-electron chi connectivity index (χ2n) is 7.55. The zero-order chi connectivity index (χ0) is 30.1. The minimum atomic E-state index is -0.699. The fraction of sp³-hybridized carbons (Fsp3) is 0.310. The molecule has 0 spiro atoms. The van der Waals surface area contributed by atoms with Crippen molar-refractivity contribution in [1.29, 1.82) is 5.26 Å². The van der Waals surface area contributed by atoms with E-state index in [9.17, 15) is 14.4 Å². The summed E-state index contributed by atoms with van der Waals surface area (Å²) >= 11 is 0. The highest BCUT2D eigenvalue weighted by molar-refractivity contribution is 5.94. The van der Waals surface area contributed by atoms with Crippen molar-refractivity contribution in [3.8, 4) is 6.07 Å². The largest absolute Gasteiger partial charge is 0.470 e. The molecule has 1 atom stereocenters. The molecule has 216 valence electrons. The molecule has 3 heterocycles. The Morgan fingerprint density at radius 3 is 2.22 bits per heavy atom. The number of nitrogens with zero attached hydrogens (tertiary/aromatic N) is 3. The summed E-state index contributed by atoms with van der Waals surface area (Å²) in [4.78, 5) is 39.1. The third-order valence-corrected chi connectivity index (χ3v) is 4.66. The summed E-state index contributed by atoms with van der Waals surface area (Å²) < 4.78 is 25.0. The summed E-state index contributed by atoms with van der Waals surface area (Å²) in [6, 6.07) is 8.48. The van der Waals surface area contributed by atoms with Gasteiger partial charge in [-0.3, -0.25) is 9.59 Å². The zero-order valence-electron chi connectivity index (χ0n) is 22.4. The molecule has 0 aromatic carbocycles. The number of hydrogen-bond acceptors (Lipinski definition) is 10. The number of Topliss-reactive ketones (excluding diaryl/α,β-unsaturated/α-hetero) is 1. The molecule has 12 heteroatoms. The van der Waals surface area contributed by atoms with E-state index in [1.54, 1.807) is 51.1 Å². The van der Waals surface area contributed by atoms with E-state index in [2.05, 4.69) is 14.4 Å². The van der Waals surface area contributed by atoms with Crippen molar-refractivity contribution >= 4 is 23.8 Å². The molecule has 2 N–H and O–H groups in total. The van der Waals surface area contributed by atoms with Crippen molar-refractivity contribution < 1.29 is 37.4 Å². The summed E-state index contributed by atoms with van der Waals surface area (Å²) in [6.07, 6.45) is 4.26. The summed E-state index contributed by atoms with van der Waals surface area (Å²) in [5, 5.41) is 8.35. The monoisotopic (exact) mass is 564 g/mol. The van der Waals surface area contributed by atoms with E-state index >= 15 is 0 Å². The summed E-state index contributed by atoms with van der Waals surface area (Å²) in [5.41, 5.74) is 6.11. The Morgan fingerprint density at radius 1 is 1.12 bits per heavy atom. The lowest BCUT2D eigenvalue weighted by molar-refractivity contribution is -0.145. The van der Waals surface area contributed by atoms with Crippen LogP contribution in [0.4, 0.5) is 0 Å². The molecule has 12 nitrogen and oxygen atoms in total. The highest BCUT2D eigenvalue weighted by Gasteiger charge is 2.38. The van der Waals surface area contributed by atoms with E-state index in [0.29, 0.717) is 23.9 Å². The van der Waals surface area contributed by atoms with E-state index < -0.39 is 17.9 Å². The Bertz CT molecular complexity index is 1360. The average Bonchev–Trinajstić information content (AvgIpc) is 3.62. The first-order valence-electron chi connectivity index (χ1n) is 11.8. The zero-order valence-corrected chi connectivity index (χ0v) is 22.4. The van der Waals surface area contributed by atoms with Crippen molar-refractivity contribution in [3.63, 3.8) is 0 Å². The number of nitriles is 1. The van der Waals surface area contributed by atoms with Crippen molar-refractivity contribution in [2.45, 2.75) is 47.5 Å². The number of ketones is 1. The standard InChI is InChI=1S/C14H14N2O4.C8H4N2O.C6H10O3.CH4/c1-4-18-14(17)10-8(2)20-13(15)12(16-3)11(10)9-6-5-7-19-9;1-10-7(6-9)5-8-3-2-4-11-8;1-3-9-6(8)4-5(2)7;/h5-7,11H,4,15H2,1-2H3;2-5H;3-4H2,1-2H3;1H4/b;7-5-;;. The molecule has 0 fully saturated rings. The molecule has 1 aliphatic rings. The number of esters is 2. The van der Waals surface area contributed by atoms with Crippen molar-refractivity contribution in [3.05, 3.63) is 99.8 Å². The molecule has 0 aliphatic carbocycles. The Labute approximate surface area is 238 Å². The lowest BCUT2D eigenvalue weighted by Gasteiger charge is -2.25. The molecule has 0 saturated carbocycles. The van der Waals surface area contributed by atoms with E-state index in [-0.39, 0.29) is 49.1 Å². The van der Waals surface area contributed by atoms with Gasteiger partial charge in [-0.25, -0.2) is 19.7 Å². The van der Waals surface area contributed by atoms with Gasteiger partial charge >= 0.3 is 11.9 Å². The molecule has 2 aromatic heterocycles. The quantitative estimate of drug-likeness (QED) is 0.196. The van der Waals surface area contributed by atoms with Gasteiger partial charge in [-0.15, -0.1) is 0 Å². The number of hydrogen-bond donors (Lipinski definition) is 1. The van der Waals surface area contributed by atoms with Crippen LogP contribution in [0.2, 0.25) is 0 Å². The molecular formula is C29H32N4O8. The van der Waals surface area contributed by atoms with Gasteiger partial charge in [-0.2, -0.15) is 0 Å². The molecule has 3 rings (SSSR count). The molecule has 1 unspecified atom stereocenters. The molecule has 0 saturated heterocycles. The van der Waals surface area contributed by atoms with Gasteiger partial charge in [0.15, 0.2) is 5.88 Å². The third-order valence-electron chi connectivity index (χ3n) is 4.66. The van der Waals surface area contributed by atoms with Gasteiger partial charge in [-0.1, -0.05) is 7.43 Å². The SMILES string of the molecule is C.CCOC(=O)CC(C)=O.[C-]#[N+]/C(C#N)=C\c1ccco1.[C-]#[N+]C1=C(N)OC(C)=C(C(=O)OCC)C1c1ccco1. The van der Waals surface area contributed by atoms with Crippen LogP contribution in [0.1, 0.15) is 59.0 Å². The number of ether oxygens (including phenoxy) is 3. The number of nitrogens with two attached hydrogens (primary N) is 1. The molecule has 0 radical (unpaired) electrons. The normalized spacial score (nSPS) is 13.7. The van der Waals surface area contributed by atoms with Gasteiger partial charge in [0, 0.05) is 0 Å². The highest BCUT2D eigenvalue weighted by Crippen LogP contribution is 2.40. The van der Waals surface area contributed by atoms with Crippen LogP contribution in [0.5, 0.6) is 0 Å². The smallest absolute Gasteiger partial charge is 0.337 e. The summed E-state index contributed by atoms with van der Waals surface area (Å²) in [7, 11) is 0. The predicted molar refractivity (Wildman–Crippen MR) is 147 cm³/mol. The maximum Gasteiger partial charge on any atom is 0.337 e. The fourth-order valence-electron chi connectivity index (χ4n) is 3.09. The predicted octanol–water partition coefficient (Wildman–Crippen LogP) is 5.51. The van der Waals surface area contributed by atoms with Crippen LogP contribution in [0.15, 0.2) is 74.2 Å². The van der Waals surface area contributed by atoms with E-state index in [0.717, 1.165) is 0 Å². The van der Waals surface area contributed by atoms with E-state index in [4.69, 9.17) is 42.4 Å². The Kier molecular flexibility index (Phi) is 16.1. The van der Waals surface area contributed by atoms with Crippen LogP contribution < -0.4 is 5.73 Å². The summed E-state index contributed by atoms with van der Waals surface area (Å²) in [6.45, 7) is 20.8. The molecular weight excluding hydrogens is 532 g/mol. The topological polar surface area (TPSA) is 164 Å². The van der Waals surface area contributed by atoms with Crippen LogP contribution in [0.3, 0.4) is 0 Å². The van der Waals surface area contributed by atoms with Crippen molar-refractivity contribution in [2.75, 3.05) is 13.2 Å². The first-order valence-corrected chi connectivity index (χ1v) is 11.8. The van der Waals surface area contributed by atoms with Gasteiger partial charge < -0.3 is 28.8 Å². The Balaban J connectivity index is 0.000000647. The molecule has 0 amide bonds. The second kappa shape index (κ2) is 18.7. The van der Waals surface area contributed by atoms with Gasteiger partial charge in [0.1, 0.15) is 29.5 Å². The minimum Gasteiger partial charge on any atom is -0.470 e. The van der Waals surface area contributed by atoms with Crippen LogP contribution in [-0.2, 0) is 28.6 Å². The fourth-order valence-corrected chi connectivity index (χ4v) is 3.09. The number of carbonyl (C=O) groups is 3. The van der Waals surface area contributed by atoms with E-state index in [1.807, 2.05) is 0 Å². The number of allylic oxidation sites excluding steroid dienone is 3. The Hall–Kier alpha value is -5.54.